The van der Waals surface area contributed by atoms with Gasteiger partial charge in [0.25, 0.3) is 5.91 Å². The van der Waals surface area contributed by atoms with Crippen molar-refractivity contribution in [3.63, 3.8) is 0 Å². The third-order valence-electron chi connectivity index (χ3n) is 5.68. The summed E-state index contributed by atoms with van der Waals surface area (Å²) in [6.07, 6.45) is 1.73. The van der Waals surface area contributed by atoms with Gasteiger partial charge in [0, 0.05) is 37.1 Å². The first-order valence-corrected chi connectivity index (χ1v) is 11.7. The van der Waals surface area contributed by atoms with Gasteiger partial charge < -0.3 is 21.3 Å². The average molecular weight is 460 g/mol. The van der Waals surface area contributed by atoms with E-state index in [0.717, 1.165) is 48.7 Å². The molecule has 0 unspecified atom stereocenters. The highest BCUT2D eigenvalue weighted by atomic mass is 32.1. The molecule has 0 atom stereocenters. The van der Waals surface area contributed by atoms with E-state index in [2.05, 4.69) is 25.6 Å². The van der Waals surface area contributed by atoms with Crippen LogP contribution < -0.4 is 21.3 Å². The van der Waals surface area contributed by atoms with Crippen LogP contribution in [0.4, 0.5) is 17.2 Å². The molecule has 33 heavy (non-hydrogen) atoms. The first-order chi connectivity index (χ1) is 16.1. The second kappa shape index (κ2) is 9.05. The number of nitrogen functional groups attached to an aromatic ring is 1. The van der Waals surface area contributed by atoms with Gasteiger partial charge in [-0.2, -0.15) is 9.78 Å². The van der Waals surface area contributed by atoms with Crippen molar-refractivity contribution in [3.8, 4) is 16.3 Å². The minimum Gasteiger partial charge on any atom is -0.383 e. The molecule has 1 aliphatic heterocycles. The van der Waals surface area contributed by atoms with E-state index < -0.39 is 0 Å². The second-order valence-corrected chi connectivity index (χ2v) is 8.78. The quantitative estimate of drug-likeness (QED) is 0.422. The topological polar surface area (TPSA) is 101 Å². The standard InChI is InChI=1S/C24H25N7OS/c1-16-6-8-17(9-7-16)18-14-27-31(22(18)25)24-29-20(15-33-24)23(32)28-19-4-2-3-5-21(19)30-12-10-26-11-13-30/h2-9,14-15,26H,10-13,25H2,1H3,(H,28,32). The molecule has 3 heterocycles. The number of rotatable bonds is 5. The molecule has 2 aromatic carbocycles. The number of nitrogens with one attached hydrogen (secondary N) is 2. The van der Waals surface area contributed by atoms with Crippen molar-refractivity contribution in [2.45, 2.75) is 6.92 Å². The molecule has 168 valence electrons. The number of thiazole rings is 1. The van der Waals surface area contributed by atoms with Crippen molar-refractivity contribution >= 4 is 34.4 Å². The van der Waals surface area contributed by atoms with E-state index in [-0.39, 0.29) is 5.91 Å². The number of carbonyl (C=O) groups is 1. The largest absolute Gasteiger partial charge is 0.383 e. The van der Waals surface area contributed by atoms with Gasteiger partial charge in [-0.05, 0) is 24.6 Å². The van der Waals surface area contributed by atoms with Crippen LogP contribution in [0.15, 0.2) is 60.1 Å². The Bertz CT molecular complexity index is 1270. The number of aromatic nitrogens is 3. The predicted octanol–water partition coefficient (Wildman–Crippen LogP) is 3.55. The Morgan fingerprint density at radius 1 is 1.12 bits per heavy atom. The number of aryl methyl sites for hydroxylation is 1. The first kappa shape index (κ1) is 21.2. The van der Waals surface area contributed by atoms with Crippen molar-refractivity contribution in [1.29, 1.82) is 0 Å². The van der Waals surface area contributed by atoms with Gasteiger partial charge in [0.2, 0.25) is 5.13 Å². The Morgan fingerprint density at radius 3 is 2.67 bits per heavy atom. The van der Waals surface area contributed by atoms with Gasteiger partial charge in [0.05, 0.1) is 17.6 Å². The molecule has 1 aliphatic rings. The monoisotopic (exact) mass is 459 g/mol. The van der Waals surface area contributed by atoms with E-state index in [1.165, 1.54) is 16.9 Å². The highest BCUT2D eigenvalue weighted by Gasteiger charge is 2.19. The summed E-state index contributed by atoms with van der Waals surface area (Å²) >= 11 is 1.33. The molecule has 1 saturated heterocycles. The summed E-state index contributed by atoms with van der Waals surface area (Å²) in [7, 11) is 0. The molecule has 5 rings (SSSR count). The van der Waals surface area contributed by atoms with Crippen LogP contribution in [0.2, 0.25) is 0 Å². The molecule has 1 amide bonds. The highest BCUT2D eigenvalue weighted by molar-refractivity contribution is 7.12. The minimum atomic E-state index is -0.260. The minimum absolute atomic E-state index is 0.260. The summed E-state index contributed by atoms with van der Waals surface area (Å²) in [4.78, 5) is 19.8. The molecule has 0 aliphatic carbocycles. The zero-order chi connectivity index (χ0) is 22.8. The third kappa shape index (κ3) is 4.33. The number of hydrogen-bond acceptors (Lipinski definition) is 7. The van der Waals surface area contributed by atoms with Crippen molar-refractivity contribution in [3.05, 3.63) is 71.4 Å². The summed E-state index contributed by atoms with van der Waals surface area (Å²) in [5, 5.41) is 13.1. The predicted molar refractivity (Wildman–Crippen MR) is 133 cm³/mol. The van der Waals surface area contributed by atoms with Crippen molar-refractivity contribution in [2.75, 3.05) is 42.1 Å². The summed E-state index contributed by atoms with van der Waals surface area (Å²) < 4.78 is 1.57. The fourth-order valence-electron chi connectivity index (χ4n) is 3.88. The molecule has 0 spiro atoms. The number of carbonyl (C=O) groups excluding carboxylic acids is 1. The molecular formula is C24H25N7OS. The lowest BCUT2D eigenvalue weighted by Gasteiger charge is -2.31. The zero-order valence-electron chi connectivity index (χ0n) is 18.3. The normalized spacial score (nSPS) is 13.8. The van der Waals surface area contributed by atoms with Crippen LogP contribution in [0.3, 0.4) is 0 Å². The molecule has 4 N–H and O–H groups in total. The second-order valence-electron chi connectivity index (χ2n) is 7.94. The highest BCUT2D eigenvalue weighted by Crippen LogP contribution is 2.30. The van der Waals surface area contributed by atoms with E-state index in [1.807, 2.05) is 55.5 Å². The van der Waals surface area contributed by atoms with E-state index in [4.69, 9.17) is 5.73 Å². The molecule has 0 saturated carbocycles. The summed E-state index contributed by atoms with van der Waals surface area (Å²) in [6, 6.07) is 16.0. The number of para-hydroxylation sites is 2. The summed E-state index contributed by atoms with van der Waals surface area (Å²) in [5.41, 5.74) is 11.5. The van der Waals surface area contributed by atoms with Gasteiger partial charge in [-0.25, -0.2) is 4.98 Å². The number of piperazine rings is 1. The third-order valence-corrected chi connectivity index (χ3v) is 6.50. The Labute approximate surface area is 196 Å². The van der Waals surface area contributed by atoms with Gasteiger partial charge in [-0.15, -0.1) is 11.3 Å². The molecular weight excluding hydrogens is 434 g/mol. The zero-order valence-corrected chi connectivity index (χ0v) is 19.1. The fourth-order valence-corrected chi connectivity index (χ4v) is 4.65. The lowest BCUT2D eigenvalue weighted by Crippen LogP contribution is -2.43. The maximum absolute atomic E-state index is 13.0. The Hall–Kier alpha value is -3.69. The Balaban J connectivity index is 1.36. The average Bonchev–Trinajstić information content (AvgIpc) is 3.48. The number of nitrogens with zero attached hydrogens (tertiary/aromatic N) is 4. The Morgan fingerprint density at radius 2 is 1.88 bits per heavy atom. The van der Waals surface area contributed by atoms with E-state index in [0.29, 0.717) is 16.6 Å². The van der Waals surface area contributed by atoms with E-state index >= 15 is 0 Å². The van der Waals surface area contributed by atoms with E-state index in [9.17, 15) is 4.79 Å². The number of benzene rings is 2. The van der Waals surface area contributed by atoms with Crippen molar-refractivity contribution in [2.24, 2.45) is 0 Å². The van der Waals surface area contributed by atoms with Crippen molar-refractivity contribution in [1.82, 2.24) is 20.1 Å². The molecule has 8 nitrogen and oxygen atoms in total. The summed E-state index contributed by atoms with van der Waals surface area (Å²) in [6.45, 7) is 5.69. The smallest absolute Gasteiger partial charge is 0.275 e. The van der Waals surface area contributed by atoms with Crippen LogP contribution in [-0.2, 0) is 0 Å². The lowest BCUT2D eigenvalue weighted by molar-refractivity contribution is 0.102. The van der Waals surface area contributed by atoms with Gasteiger partial charge >= 0.3 is 0 Å². The summed E-state index contributed by atoms with van der Waals surface area (Å²) in [5.74, 6) is 0.230. The van der Waals surface area contributed by atoms with Crippen LogP contribution in [-0.4, -0.2) is 46.9 Å². The van der Waals surface area contributed by atoms with Gasteiger partial charge in [-0.3, -0.25) is 4.79 Å². The van der Waals surface area contributed by atoms with Gasteiger partial charge in [0.1, 0.15) is 11.5 Å². The number of amides is 1. The molecule has 0 bridgehead atoms. The van der Waals surface area contributed by atoms with Crippen LogP contribution in [0.25, 0.3) is 16.3 Å². The van der Waals surface area contributed by atoms with Crippen LogP contribution in [0, 0.1) is 6.92 Å². The first-order valence-electron chi connectivity index (χ1n) is 10.8. The maximum Gasteiger partial charge on any atom is 0.275 e. The van der Waals surface area contributed by atoms with Crippen LogP contribution >= 0.6 is 11.3 Å². The molecule has 0 radical (unpaired) electrons. The fraction of sp³-hybridized carbons (Fsp3) is 0.208. The maximum atomic E-state index is 13.0. The van der Waals surface area contributed by atoms with Crippen molar-refractivity contribution < 1.29 is 4.79 Å². The van der Waals surface area contributed by atoms with Gasteiger partial charge in [-0.1, -0.05) is 42.0 Å². The lowest BCUT2D eigenvalue weighted by atomic mass is 10.1. The molecule has 1 fully saturated rings. The van der Waals surface area contributed by atoms with Crippen LogP contribution in [0.1, 0.15) is 16.1 Å². The number of nitrogens with two attached hydrogens (primary N) is 1. The SMILES string of the molecule is Cc1ccc(-c2cnn(-c3nc(C(=O)Nc4ccccc4N4CCNCC4)cs3)c2N)cc1. The molecule has 9 heteroatoms. The van der Waals surface area contributed by atoms with Crippen LogP contribution in [0.5, 0.6) is 0 Å². The molecule has 2 aromatic heterocycles. The molecule has 4 aromatic rings. The number of hydrogen-bond donors (Lipinski definition) is 3. The van der Waals surface area contributed by atoms with E-state index in [1.54, 1.807) is 16.3 Å². The van der Waals surface area contributed by atoms with Gasteiger partial charge in [0.15, 0.2) is 0 Å². The number of anilines is 3. The Kier molecular flexibility index (Phi) is 5.80.